The zero-order chi connectivity index (χ0) is 21.0. The summed E-state index contributed by atoms with van der Waals surface area (Å²) in [6, 6.07) is 7.53. The van der Waals surface area contributed by atoms with E-state index in [0.717, 1.165) is 27.5 Å². The van der Waals surface area contributed by atoms with E-state index in [2.05, 4.69) is 20.4 Å². The number of aromatic nitrogens is 4. The topological polar surface area (TPSA) is 79.1 Å². The molecule has 3 aromatic heterocycles. The van der Waals surface area contributed by atoms with E-state index in [1.807, 2.05) is 49.3 Å². The summed E-state index contributed by atoms with van der Waals surface area (Å²) in [7, 11) is 3.64. The predicted molar refractivity (Wildman–Crippen MR) is 116 cm³/mol. The lowest BCUT2D eigenvalue weighted by Gasteiger charge is -2.18. The molecule has 0 bridgehead atoms. The van der Waals surface area contributed by atoms with Crippen LogP contribution < -0.4 is 10.2 Å². The second-order valence-electron chi connectivity index (χ2n) is 7.89. The number of phenolic OH excluding ortho intramolecular Hbond substituents is 1. The van der Waals surface area contributed by atoms with E-state index in [0.29, 0.717) is 30.0 Å². The number of phenols is 1. The van der Waals surface area contributed by atoms with Crippen LogP contribution in [-0.4, -0.2) is 57.2 Å². The number of alkyl halides is 1. The fourth-order valence-corrected chi connectivity index (χ4v) is 4.21. The van der Waals surface area contributed by atoms with Crippen molar-refractivity contribution in [2.45, 2.75) is 19.1 Å². The van der Waals surface area contributed by atoms with E-state index < -0.39 is 6.17 Å². The molecule has 1 saturated heterocycles. The number of halogens is 1. The molecular formula is C22H23FN6O. The van der Waals surface area contributed by atoms with Crippen LogP contribution in [0.3, 0.4) is 0 Å². The Morgan fingerprint density at radius 1 is 1.20 bits per heavy atom. The van der Waals surface area contributed by atoms with Gasteiger partial charge in [0.25, 0.3) is 0 Å². The molecule has 4 aromatic rings. The molecule has 0 radical (unpaired) electrons. The van der Waals surface area contributed by atoms with Gasteiger partial charge in [0.1, 0.15) is 11.9 Å². The molecule has 1 fully saturated rings. The van der Waals surface area contributed by atoms with Gasteiger partial charge in [-0.3, -0.25) is 4.68 Å². The Morgan fingerprint density at radius 2 is 2.03 bits per heavy atom. The fraction of sp³-hybridized carbons (Fsp3) is 0.318. The van der Waals surface area contributed by atoms with Gasteiger partial charge in [-0.2, -0.15) is 5.10 Å². The first kappa shape index (κ1) is 18.7. The molecule has 1 aliphatic heterocycles. The van der Waals surface area contributed by atoms with E-state index in [-0.39, 0.29) is 11.8 Å². The minimum absolute atomic E-state index is 0.171. The predicted octanol–water partition coefficient (Wildman–Crippen LogP) is 2.94. The minimum Gasteiger partial charge on any atom is -0.507 e. The first-order chi connectivity index (χ1) is 14.4. The largest absolute Gasteiger partial charge is 0.507 e. The van der Waals surface area contributed by atoms with Crippen LogP contribution in [0.25, 0.3) is 33.2 Å². The van der Waals surface area contributed by atoms with Gasteiger partial charge in [0.2, 0.25) is 0 Å². The van der Waals surface area contributed by atoms with E-state index in [9.17, 15) is 9.50 Å². The second kappa shape index (κ2) is 6.91. The van der Waals surface area contributed by atoms with Crippen molar-refractivity contribution >= 4 is 27.6 Å². The first-order valence-corrected chi connectivity index (χ1v) is 9.94. The maximum Gasteiger partial charge on any atom is 0.159 e. The van der Waals surface area contributed by atoms with Crippen molar-refractivity contribution in [1.82, 2.24) is 25.1 Å². The maximum atomic E-state index is 14.1. The number of pyridine rings is 2. The van der Waals surface area contributed by atoms with Gasteiger partial charge in [0, 0.05) is 41.7 Å². The molecule has 30 heavy (non-hydrogen) atoms. The quantitative estimate of drug-likeness (QED) is 0.545. The van der Waals surface area contributed by atoms with Crippen molar-refractivity contribution in [3.05, 3.63) is 42.2 Å². The summed E-state index contributed by atoms with van der Waals surface area (Å²) in [5.74, 6) is 0.175. The minimum atomic E-state index is -0.903. The second-order valence-corrected chi connectivity index (χ2v) is 7.89. The molecule has 154 valence electrons. The molecule has 2 atom stereocenters. The number of nitrogens with zero attached hydrogens (tertiary/aromatic N) is 5. The number of hydrogen-bond donors (Lipinski definition) is 2. The molecule has 5 rings (SSSR count). The van der Waals surface area contributed by atoms with Gasteiger partial charge in [-0.1, -0.05) is 0 Å². The van der Waals surface area contributed by atoms with Crippen LogP contribution in [-0.2, 0) is 7.05 Å². The van der Waals surface area contributed by atoms with Crippen LogP contribution in [0.15, 0.2) is 36.7 Å². The highest BCUT2D eigenvalue weighted by atomic mass is 19.1. The Bertz CT molecular complexity index is 1270. The summed E-state index contributed by atoms with van der Waals surface area (Å²) in [5.41, 5.74) is 4.27. The molecule has 0 spiro atoms. The number of nitrogens with one attached hydrogen (secondary N) is 1. The number of likely N-dealkylation sites (N-methyl/N-ethyl adjacent to an activating group) is 1. The molecule has 0 amide bonds. The molecule has 0 unspecified atom stereocenters. The van der Waals surface area contributed by atoms with Crippen LogP contribution in [0.1, 0.15) is 5.56 Å². The Labute approximate surface area is 173 Å². The summed E-state index contributed by atoms with van der Waals surface area (Å²) < 4.78 is 15.8. The SMILES string of the molecule is CN[C@H]1CN(c2cnc3nc(-c4cc5cn(C)nc5c(C)c4O)ccc3c2)C[C@@H]1F. The van der Waals surface area contributed by atoms with Gasteiger partial charge in [-0.15, -0.1) is 0 Å². The molecule has 4 heterocycles. The smallest absolute Gasteiger partial charge is 0.159 e. The third-order valence-corrected chi connectivity index (χ3v) is 5.91. The van der Waals surface area contributed by atoms with Crippen LogP contribution in [0, 0.1) is 6.92 Å². The lowest BCUT2D eigenvalue weighted by atomic mass is 10.0. The highest BCUT2D eigenvalue weighted by Crippen LogP contribution is 2.36. The van der Waals surface area contributed by atoms with Crippen molar-refractivity contribution in [1.29, 1.82) is 0 Å². The van der Waals surface area contributed by atoms with E-state index in [1.54, 1.807) is 17.9 Å². The molecule has 0 saturated carbocycles. The van der Waals surface area contributed by atoms with Gasteiger partial charge in [-0.25, -0.2) is 14.4 Å². The molecule has 1 aromatic carbocycles. The van der Waals surface area contributed by atoms with Gasteiger partial charge in [0.05, 0.1) is 35.7 Å². The Kier molecular flexibility index (Phi) is 4.32. The van der Waals surface area contributed by atoms with Gasteiger partial charge < -0.3 is 15.3 Å². The van der Waals surface area contributed by atoms with Crippen LogP contribution >= 0.6 is 0 Å². The van der Waals surface area contributed by atoms with E-state index >= 15 is 0 Å². The van der Waals surface area contributed by atoms with E-state index in [4.69, 9.17) is 0 Å². The summed E-state index contributed by atoms with van der Waals surface area (Å²) in [5, 5.41) is 20.0. The maximum absolute atomic E-state index is 14.1. The molecule has 8 heteroatoms. The molecule has 7 nitrogen and oxygen atoms in total. The highest BCUT2D eigenvalue weighted by molar-refractivity contribution is 5.91. The molecule has 2 N–H and O–H groups in total. The zero-order valence-electron chi connectivity index (χ0n) is 17.1. The van der Waals surface area contributed by atoms with Crippen LogP contribution in [0.4, 0.5) is 10.1 Å². The number of benzene rings is 1. The fourth-order valence-electron chi connectivity index (χ4n) is 4.21. The number of hydrogen-bond acceptors (Lipinski definition) is 6. The van der Waals surface area contributed by atoms with Crippen LogP contribution in [0.5, 0.6) is 5.75 Å². The van der Waals surface area contributed by atoms with Crippen molar-refractivity contribution in [2.24, 2.45) is 7.05 Å². The normalized spacial score (nSPS) is 19.3. The van der Waals surface area contributed by atoms with Crippen molar-refractivity contribution < 1.29 is 9.50 Å². The molecular weight excluding hydrogens is 383 g/mol. The number of aryl methyl sites for hydroxylation is 2. The van der Waals surface area contributed by atoms with Crippen molar-refractivity contribution in [3.8, 4) is 17.0 Å². The average Bonchev–Trinajstić information content (AvgIpc) is 3.31. The Morgan fingerprint density at radius 3 is 2.80 bits per heavy atom. The molecule has 1 aliphatic rings. The Hall–Kier alpha value is -3.26. The number of anilines is 1. The third-order valence-electron chi connectivity index (χ3n) is 5.91. The average molecular weight is 406 g/mol. The third kappa shape index (κ3) is 2.95. The summed E-state index contributed by atoms with van der Waals surface area (Å²) in [4.78, 5) is 11.2. The molecule has 0 aliphatic carbocycles. The van der Waals surface area contributed by atoms with Crippen molar-refractivity contribution in [2.75, 3.05) is 25.0 Å². The number of fused-ring (bicyclic) bond motifs is 2. The first-order valence-electron chi connectivity index (χ1n) is 9.94. The van der Waals surface area contributed by atoms with Gasteiger partial charge in [-0.05, 0) is 38.2 Å². The standard InChI is InChI=1S/C22H23FN6O/c1-12-20-14(9-28(3)27-20)7-16(21(12)30)18-5-4-13-6-15(8-25-22(13)26-18)29-10-17(23)19(11-29)24-2/h4-9,17,19,24,30H,10-11H2,1-3H3/t17-,19-/m0/s1. The summed E-state index contributed by atoms with van der Waals surface area (Å²) in [6.07, 6.45) is 2.75. The van der Waals surface area contributed by atoms with Crippen LogP contribution in [0.2, 0.25) is 0 Å². The summed E-state index contributed by atoms with van der Waals surface area (Å²) in [6.45, 7) is 2.81. The summed E-state index contributed by atoms with van der Waals surface area (Å²) >= 11 is 0. The monoisotopic (exact) mass is 406 g/mol. The van der Waals surface area contributed by atoms with Gasteiger partial charge in [0.15, 0.2) is 5.65 Å². The number of rotatable bonds is 3. The van der Waals surface area contributed by atoms with E-state index in [1.165, 1.54) is 0 Å². The van der Waals surface area contributed by atoms with Crippen molar-refractivity contribution in [3.63, 3.8) is 0 Å². The lowest BCUT2D eigenvalue weighted by molar-refractivity contribution is 0.310. The Balaban J connectivity index is 1.53. The van der Waals surface area contributed by atoms with Gasteiger partial charge >= 0.3 is 0 Å². The highest BCUT2D eigenvalue weighted by Gasteiger charge is 2.32. The zero-order valence-corrected chi connectivity index (χ0v) is 17.1. The number of aromatic hydroxyl groups is 1. The lowest BCUT2D eigenvalue weighted by Crippen LogP contribution is -2.34.